The molecule has 0 saturated carbocycles. The second-order valence-electron chi connectivity index (χ2n) is 6.91. The van der Waals surface area contributed by atoms with Crippen molar-refractivity contribution in [3.8, 4) is 0 Å². The van der Waals surface area contributed by atoms with Gasteiger partial charge in [-0.2, -0.15) is 0 Å². The molecule has 0 aromatic heterocycles. The van der Waals surface area contributed by atoms with Gasteiger partial charge in [0, 0.05) is 11.6 Å². The second-order valence-corrected chi connectivity index (χ2v) is 6.91. The van der Waals surface area contributed by atoms with E-state index in [0.29, 0.717) is 17.4 Å². The maximum atomic E-state index is 11.7. The van der Waals surface area contributed by atoms with E-state index in [1.807, 2.05) is 12.1 Å². The van der Waals surface area contributed by atoms with Crippen molar-refractivity contribution in [3.05, 3.63) is 76.4 Å². The number of carboxylic acid groups (broad SMARTS) is 1. The third-order valence-electron chi connectivity index (χ3n) is 5.34. The topological polar surface area (TPSA) is 49.3 Å². The largest absolute Gasteiger partial charge is 0.478 e. The van der Waals surface area contributed by atoms with Crippen molar-refractivity contribution >= 4 is 11.7 Å². The lowest BCUT2D eigenvalue weighted by Crippen LogP contribution is -2.30. The summed E-state index contributed by atoms with van der Waals surface area (Å²) in [5, 5.41) is 13.3. The minimum Gasteiger partial charge on any atom is -0.478 e. The highest BCUT2D eigenvalue weighted by atomic mass is 16.4. The number of anilines is 1. The zero-order valence-electron chi connectivity index (χ0n) is 13.9. The van der Waals surface area contributed by atoms with Crippen molar-refractivity contribution in [1.82, 2.24) is 0 Å². The smallest absolute Gasteiger partial charge is 0.336 e. The summed E-state index contributed by atoms with van der Waals surface area (Å²) in [7, 11) is 0. The Balaban J connectivity index is 1.86. The molecule has 1 heterocycles. The van der Waals surface area contributed by atoms with Gasteiger partial charge < -0.3 is 10.4 Å². The van der Waals surface area contributed by atoms with Crippen LogP contribution in [0.2, 0.25) is 0 Å². The van der Waals surface area contributed by atoms with Crippen molar-refractivity contribution in [2.75, 3.05) is 5.32 Å². The van der Waals surface area contributed by atoms with E-state index in [0.717, 1.165) is 12.0 Å². The summed E-state index contributed by atoms with van der Waals surface area (Å²) in [4.78, 5) is 11.7. The van der Waals surface area contributed by atoms with Gasteiger partial charge in [0.25, 0.3) is 0 Å². The molecule has 1 aliphatic heterocycles. The monoisotopic (exact) mass is 319 g/mol. The average molecular weight is 319 g/mol. The fourth-order valence-corrected chi connectivity index (χ4v) is 4.34. The van der Waals surface area contributed by atoms with Crippen LogP contribution in [0.15, 0.2) is 48.6 Å². The summed E-state index contributed by atoms with van der Waals surface area (Å²) < 4.78 is 0. The number of allylic oxidation sites excluding steroid dienone is 2. The SMILES string of the molecule is Cc1cc(C)c2c(c1)[C@@H]1C=CC[C@@H]1[C@@H](c1ccccc1C(=O)O)N2. The van der Waals surface area contributed by atoms with Gasteiger partial charge in [0.2, 0.25) is 0 Å². The summed E-state index contributed by atoms with van der Waals surface area (Å²) in [6.45, 7) is 4.25. The lowest BCUT2D eigenvalue weighted by Gasteiger charge is -2.39. The molecule has 2 aromatic rings. The number of carboxylic acids is 1. The third kappa shape index (κ3) is 2.23. The number of fused-ring (bicyclic) bond motifs is 3. The predicted octanol–water partition coefficient (Wildman–Crippen LogP) is 4.83. The molecule has 3 nitrogen and oxygen atoms in total. The van der Waals surface area contributed by atoms with Gasteiger partial charge in [0.1, 0.15) is 0 Å². The van der Waals surface area contributed by atoms with E-state index in [4.69, 9.17) is 0 Å². The molecule has 0 bridgehead atoms. The van der Waals surface area contributed by atoms with Crippen molar-refractivity contribution in [2.24, 2.45) is 5.92 Å². The Kier molecular flexibility index (Phi) is 3.45. The van der Waals surface area contributed by atoms with Gasteiger partial charge in [-0.1, -0.05) is 48.0 Å². The average Bonchev–Trinajstić information content (AvgIpc) is 3.04. The number of rotatable bonds is 2. The number of hydrogen-bond donors (Lipinski definition) is 2. The van der Waals surface area contributed by atoms with Crippen molar-refractivity contribution in [3.63, 3.8) is 0 Å². The molecule has 0 radical (unpaired) electrons. The number of carbonyl (C=O) groups is 1. The third-order valence-corrected chi connectivity index (χ3v) is 5.34. The lowest BCUT2D eigenvalue weighted by atomic mass is 9.75. The molecule has 0 saturated heterocycles. The summed E-state index contributed by atoms with van der Waals surface area (Å²) >= 11 is 0. The van der Waals surface area contributed by atoms with Crippen LogP contribution < -0.4 is 5.32 Å². The first kappa shape index (κ1) is 15.0. The molecule has 4 rings (SSSR count). The van der Waals surface area contributed by atoms with E-state index in [2.05, 4.69) is 43.4 Å². The zero-order chi connectivity index (χ0) is 16.8. The fraction of sp³-hybridized carbons (Fsp3) is 0.286. The summed E-state index contributed by atoms with van der Waals surface area (Å²) in [5.74, 6) is -0.146. The van der Waals surface area contributed by atoms with Gasteiger partial charge in [-0.3, -0.25) is 0 Å². The molecule has 3 atom stereocenters. The second kappa shape index (κ2) is 5.52. The van der Waals surface area contributed by atoms with Gasteiger partial charge in [-0.25, -0.2) is 4.79 Å². The van der Waals surface area contributed by atoms with Crippen LogP contribution in [0.4, 0.5) is 5.69 Å². The van der Waals surface area contributed by atoms with Gasteiger partial charge in [0.15, 0.2) is 0 Å². The number of aromatic carboxylic acids is 1. The highest BCUT2D eigenvalue weighted by Crippen LogP contribution is 2.51. The summed E-state index contributed by atoms with van der Waals surface area (Å²) in [6.07, 6.45) is 5.50. The quantitative estimate of drug-likeness (QED) is 0.780. The zero-order valence-corrected chi connectivity index (χ0v) is 13.9. The van der Waals surface area contributed by atoms with Gasteiger partial charge >= 0.3 is 5.97 Å². The molecule has 2 aliphatic rings. The van der Waals surface area contributed by atoms with Crippen molar-refractivity contribution < 1.29 is 9.90 Å². The van der Waals surface area contributed by atoms with Crippen LogP contribution in [0.1, 0.15) is 51.0 Å². The van der Waals surface area contributed by atoms with Crippen LogP contribution in [0, 0.1) is 19.8 Å². The molecule has 0 amide bonds. The molecular weight excluding hydrogens is 298 g/mol. The Hall–Kier alpha value is -2.55. The van der Waals surface area contributed by atoms with Gasteiger partial charge in [0.05, 0.1) is 11.6 Å². The Morgan fingerprint density at radius 3 is 2.75 bits per heavy atom. The Morgan fingerprint density at radius 1 is 1.17 bits per heavy atom. The first-order valence-electron chi connectivity index (χ1n) is 8.43. The van der Waals surface area contributed by atoms with Crippen LogP contribution in [-0.4, -0.2) is 11.1 Å². The highest BCUT2D eigenvalue weighted by Gasteiger charge is 2.39. The standard InChI is InChI=1S/C21H21NO2/c1-12-10-13(2)19-18(11-12)14-8-5-9-15(14)20(22-19)16-6-3-4-7-17(16)21(23)24/h3-8,10-11,14-15,20,22H,9H2,1-2H3,(H,23,24)/t14-,15+,20+/m1/s1. The maximum absolute atomic E-state index is 11.7. The minimum absolute atomic E-state index is 0.0196. The molecule has 24 heavy (non-hydrogen) atoms. The van der Waals surface area contributed by atoms with E-state index in [1.54, 1.807) is 12.1 Å². The van der Waals surface area contributed by atoms with Gasteiger partial charge in [-0.15, -0.1) is 0 Å². The predicted molar refractivity (Wildman–Crippen MR) is 95.7 cm³/mol. The van der Waals surface area contributed by atoms with E-state index in [-0.39, 0.29) is 6.04 Å². The molecule has 2 N–H and O–H groups in total. The number of nitrogens with one attached hydrogen (secondary N) is 1. The van der Waals surface area contributed by atoms with Crippen LogP contribution in [0.5, 0.6) is 0 Å². The van der Waals surface area contributed by atoms with Crippen LogP contribution in [-0.2, 0) is 0 Å². The van der Waals surface area contributed by atoms with E-state index >= 15 is 0 Å². The molecular formula is C21H21NO2. The Morgan fingerprint density at radius 2 is 1.96 bits per heavy atom. The lowest BCUT2D eigenvalue weighted by molar-refractivity contribution is 0.0694. The van der Waals surface area contributed by atoms with E-state index in [1.165, 1.54) is 22.4 Å². The Bertz CT molecular complexity index is 853. The molecule has 1 aliphatic carbocycles. The fourth-order valence-electron chi connectivity index (χ4n) is 4.34. The first-order chi connectivity index (χ1) is 11.6. The van der Waals surface area contributed by atoms with Crippen LogP contribution in [0.3, 0.4) is 0 Å². The van der Waals surface area contributed by atoms with Gasteiger partial charge in [-0.05, 0) is 48.9 Å². The molecule has 0 spiro atoms. The van der Waals surface area contributed by atoms with Crippen molar-refractivity contribution in [2.45, 2.75) is 32.2 Å². The van der Waals surface area contributed by atoms with Crippen molar-refractivity contribution in [1.29, 1.82) is 0 Å². The molecule has 2 aromatic carbocycles. The normalized spacial score (nSPS) is 24.2. The maximum Gasteiger partial charge on any atom is 0.336 e. The number of hydrogen-bond acceptors (Lipinski definition) is 2. The Labute approximate surface area is 142 Å². The van der Waals surface area contributed by atoms with E-state index in [9.17, 15) is 9.90 Å². The van der Waals surface area contributed by atoms with Crippen LogP contribution >= 0.6 is 0 Å². The number of benzene rings is 2. The molecule has 122 valence electrons. The summed E-state index contributed by atoms with van der Waals surface area (Å²) in [5.41, 5.74) is 6.29. The first-order valence-corrected chi connectivity index (χ1v) is 8.43. The molecule has 0 fully saturated rings. The van der Waals surface area contributed by atoms with E-state index < -0.39 is 5.97 Å². The molecule has 0 unspecified atom stereocenters. The highest BCUT2D eigenvalue weighted by molar-refractivity contribution is 5.90. The van der Waals surface area contributed by atoms with Crippen LogP contribution in [0.25, 0.3) is 0 Å². The summed E-state index contributed by atoms with van der Waals surface area (Å²) in [6, 6.07) is 11.8. The number of aryl methyl sites for hydroxylation is 2. The molecule has 3 heteroatoms. The minimum atomic E-state index is -0.860.